The molecule has 8 heteroatoms. The lowest BCUT2D eigenvalue weighted by molar-refractivity contribution is 0.0273. The van der Waals surface area contributed by atoms with Gasteiger partial charge in [-0.2, -0.15) is 4.98 Å². The van der Waals surface area contributed by atoms with Gasteiger partial charge in [0.25, 0.3) is 6.01 Å². The second kappa shape index (κ2) is 8.67. The molecular formula is C25H22ClN3O4. The third-order valence-electron chi connectivity index (χ3n) is 5.96. The van der Waals surface area contributed by atoms with Gasteiger partial charge in [0, 0.05) is 12.2 Å². The number of pyridine rings is 1. The molecule has 4 aromatic rings. The molecule has 4 heterocycles. The van der Waals surface area contributed by atoms with E-state index in [1.807, 2.05) is 60.7 Å². The van der Waals surface area contributed by atoms with Crippen molar-refractivity contribution in [1.82, 2.24) is 15.0 Å². The van der Waals surface area contributed by atoms with Crippen molar-refractivity contribution < 1.29 is 18.9 Å². The van der Waals surface area contributed by atoms with Gasteiger partial charge >= 0.3 is 0 Å². The molecule has 3 atom stereocenters. The van der Waals surface area contributed by atoms with Gasteiger partial charge in [-0.15, -0.1) is 0 Å². The molecule has 0 amide bonds. The lowest BCUT2D eigenvalue weighted by Gasteiger charge is -2.15. The number of H-pyrrole nitrogens is 1. The molecule has 0 spiro atoms. The lowest BCUT2D eigenvalue weighted by atomic mass is 10.1. The number of nitrogens with zero attached hydrogens (tertiary/aromatic N) is 2. The second-order valence-electron chi connectivity index (χ2n) is 8.18. The highest BCUT2D eigenvalue weighted by Gasteiger charge is 2.43. The Hall–Kier alpha value is -3.13. The van der Waals surface area contributed by atoms with Gasteiger partial charge in [0.05, 0.1) is 28.9 Å². The number of benzene rings is 2. The fraction of sp³-hybridized carbons (Fsp3) is 0.280. The van der Waals surface area contributed by atoms with Crippen LogP contribution >= 0.6 is 11.6 Å². The predicted molar refractivity (Wildman–Crippen MR) is 124 cm³/mol. The van der Waals surface area contributed by atoms with E-state index >= 15 is 0 Å². The summed E-state index contributed by atoms with van der Waals surface area (Å²) in [5.74, 6) is 0.779. The molecule has 2 fully saturated rings. The van der Waals surface area contributed by atoms with E-state index in [-0.39, 0.29) is 18.3 Å². The van der Waals surface area contributed by atoms with E-state index in [1.54, 1.807) is 0 Å². The van der Waals surface area contributed by atoms with Gasteiger partial charge in [-0.05, 0) is 42.3 Å². The zero-order chi connectivity index (χ0) is 22.2. The smallest absolute Gasteiger partial charge is 0.296 e. The van der Waals surface area contributed by atoms with Gasteiger partial charge in [0.2, 0.25) is 0 Å². The van der Waals surface area contributed by atoms with Crippen LogP contribution in [0.2, 0.25) is 5.02 Å². The van der Waals surface area contributed by atoms with E-state index in [2.05, 4.69) is 15.0 Å². The third-order valence-corrected chi connectivity index (χ3v) is 6.25. The van der Waals surface area contributed by atoms with Crippen LogP contribution in [0.4, 0.5) is 0 Å². The normalized spacial score (nSPS) is 21.9. The minimum atomic E-state index is -0.184. The van der Waals surface area contributed by atoms with Crippen molar-refractivity contribution in [2.75, 3.05) is 13.2 Å². The van der Waals surface area contributed by atoms with Crippen LogP contribution < -0.4 is 9.47 Å². The molecule has 2 aliphatic rings. The third kappa shape index (κ3) is 4.15. The molecule has 2 aromatic carbocycles. The van der Waals surface area contributed by atoms with Crippen molar-refractivity contribution in [2.24, 2.45) is 0 Å². The van der Waals surface area contributed by atoms with Crippen LogP contribution in [0, 0.1) is 0 Å². The van der Waals surface area contributed by atoms with Crippen LogP contribution in [0.1, 0.15) is 12.0 Å². The summed E-state index contributed by atoms with van der Waals surface area (Å²) >= 11 is 6.55. The second-order valence-corrected chi connectivity index (χ2v) is 8.59. The Balaban J connectivity index is 1.19. The van der Waals surface area contributed by atoms with Gasteiger partial charge in [-0.1, -0.05) is 41.9 Å². The van der Waals surface area contributed by atoms with E-state index in [0.717, 1.165) is 23.3 Å². The van der Waals surface area contributed by atoms with Crippen molar-refractivity contribution in [3.8, 4) is 23.0 Å². The first-order chi connectivity index (χ1) is 16.2. The quantitative estimate of drug-likeness (QED) is 0.443. The Labute approximate surface area is 195 Å². The highest BCUT2D eigenvalue weighted by atomic mass is 35.5. The van der Waals surface area contributed by atoms with E-state index in [9.17, 15) is 0 Å². The number of aromatic nitrogens is 3. The molecule has 0 bridgehead atoms. The van der Waals surface area contributed by atoms with Gasteiger partial charge in [0.1, 0.15) is 18.5 Å². The van der Waals surface area contributed by atoms with E-state index in [4.69, 9.17) is 30.5 Å². The summed E-state index contributed by atoms with van der Waals surface area (Å²) in [6, 6.07) is 20.0. The number of hydrogen-bond donors (Lipinski definition) is 1. The molecule has 0 radical (unpaired) electrons. The van der Waals surface area contributed by atoms with Crippen molar-refractivity contribution in [1.29, 1.82) is 0 Å². The summed E-state index contributed by atoms with van der Waals surface area (Å²) in [5, 5.41) is 0.527. The van der Waals surface area contributed by atoms with E-state index in [0.29, 0.717) is 47.7 Å². The standard InChI is InChI=1S/C25H22ClN3O4/c26-18-12-19-24(29-25(27-19)33-21-14-32-20-10-11-30-23(20)21)28-22(18)16-6-8-17(9-7-16)31-13-15-4-2-1-3-5-15/h1-9,12,20-21,23H,10-11,13-14H2,(H,27,28,29). The average Bonchev–Trinajstić information content (AvgIpc) is 3.55. The first-order valence-electron chi connectivity index (χ1n) is 11.0. The Kier molecular flexibility index (Phi) is 5.38. The Morgan fingerprint density at radius 2 is 1.88 bits per heavy atom. The Bertz CT molecular complexity index is 1260. The van der Waals surface area contributed by atoms with Crippen molar-refractivity contribution in [2.45, 2.75) is 31.3 Å². The molecule has 33 heavy (non-hydrogen) atoms. The largest absolute Gasteiger partial charge is 0.489 e. The molecule has 0 saturated carbocycles. The summed E-state index contributed by atoms with van der Waals surface area (Å²) < 4.78 is 23.4. The minimum absolute atomic E-state index is 0.0482. The number of rotatable bonds is 6. The molecule has 0 aliphatic carbocycles. The number of imidazole rings is 1. The Morgan fingerprint density at radius 1 is 1.03 bits per heavy atom. The first-order valence-corrected chi connectivity index (χ1v) is 11.3. The number of hydrogen-bond acceptors (Lipinski definition) is 6. The van der Waals surface area contributed by atoms with Crippen molar-refractivity contribution in [3.63, 3.8) is 0 Å². The Morgan fingerprint density at radius 3 is 2.73 bits per heavy atom. The van der Waals surface area contributed by atoms with Crippen LogP contribution in [-0.4, -0.2) is 46.5 Å². The highest BCUT2D eigenvalue weighted by molar-refractivity contribution is 6.33. The number of ether oxygens (including phenoxy) is 4. The molecule has 1 N–H and O–H groups in total. The van der Waals surface area contributed by atoms with Crippen LogP contribution in [0.3, 0.4) is 0 Å². The number of aromatic amines is 1. The van der Waals surface area contributed by atoms with E-state index in [1.165, 1.54) is 0 Å². The molecule has 7 nitrogen and oxygen atoms in total. The maximum absolute atomic E-state index is 6.55. The number of nitrogens with one attached hydrogen (secondary N) is 1. The SMILES string of the molecule is Clc1cc2[nH]c(OC3COC4CCOC43)nc2nc1-c1ccc(OCc2ccccc2)cc1. The summed E-state index contributed by atoms with van der Waals surface area (Å²) in [5.41, 5.74) is 3.90. The van der Waals surface area contributed by atoms with E-state index < -0.39 is 0 Å². The fourth-order valence-corrected chi connectivity index (χ4v) is 4.54. The number of fused-ring (bicyclic) bond motifs is 2. The van der Waals surface area contributed by atoms with Crippen LogP contribution in [-0.2, 0) is 16.1 Å². The maximum Gasteiger partial charge on any atom is 0.296 e. The molecule has 2 saturated heterocycles. The van der Waals surface area contributed by atoms with Crippen LogP contribution in [0.25, 0.3) is 22.4 Å². The lowest BCUT2D eigenvalue weighted by Crippen LogP contribution is -2.32. The summed E-state index contributed by atoms with van der Waals surface area (Å²) in [4.78, 5) is 12.3. The molecule has 168 valence electrons. The van der Waals surface area contributed by atoms with Gasteiger partial charge < -0.3 is 23.9 Å². The van der Waals surface area contributed by atoms with Gasteiger partial charge in [-0.3, -0.25) is 0 Å². The average molecular weight is 464 g/mol. The predicted octanol–water partition coefficient (Wildman–Crippen LogP) is 4.79. The van der Waals surface area contributed by atoms with Crippen molar-refractivity contribution in [3.05, 3.63) is 71.2 Å². The van der Waals surface area contributed by atoms with Gasteiger partial charge in [-0.25, -0.2) is 4.98 Å². The zero-order valence-corrected chi connectivity index (χ0v) is 18.5. The summed E-state index contributed by atoms with van der Waals surface area (Å²) in [6.07, 6.45) is 0.781. The topological polar surface area (TPSA) is 78.5 Å². The molecule has 3 unspecified atom stereocenters. The molecule has 6 rings (SSSR count). The fourth-order valence-electron chi connectivity index (χ4n) is 4.28. The molecule has 2 aliphatic heterocycles. The zero-order valence-electron chi connectivity index (χ0n) is 17.7. The maximum atomic E-state index is 6.55. The first kappa shape index (κ1) is 20.5. The summed E-state index contributed by atoms with van der Waals surface area (Å²) in [6.45, 7) is 1.70. The van der Waals surface area contributed by atoms with Crippen LogP contribution in [0.15, 0.2) is 60.7 Å². The highest BCUT2D eigenvalue weighted by Crippen LogP contribution is 2.32. The summed E-state index contributed by atoms with van der Waals surface area (Å²) in [7, 11) is 0. The monoisotopic (exact) mass is 463 g/mol. The van der Waals surface area contributed by atoms with Gasteiger partial charge in [0.15, 0.2) is 11.8 Å². The number of halogens is 1. The van der Waals surface area contributed by atoms with Crippen LogP contribution in [0.5, 0.6) is 11.8 Å². The molecular weight excluding hydrogens is 442 g/mol. The molecule has 2 aromatic heterocycles. The minimum Gasteiger partial charge on any atom is -0.489 e. The van der Waals surface area contributed by atoms with Crippen molar-refractivity contribution >= 4 is 22.8 Å².